The maximum atomic E-state index is 13.2. The van der Waals surface area contributed by atoms with Crippen LogP contribution < -0.4 is 10.0 Å². The van der Waals surface area contributed by atoms with Crippen LogP contribution in [0.1, 0.15) is 0 Å². The lowest BCUT2D eigenvalue weighted by Gasteiger charge is -2.15. The van der Waals surface area contributed by atoms with Crippen LogP contribution in [0, 0.1) is 0 Å². The molecular formula is C27H21N7O2S. The number of aryl methyl sites for hydroxylation is 1. The second kappa shape index (κ2) is 8.99. The molecule has 37 heavy (non-hydrogen) atoms. The Kier molecular flexibility index (Phi) is 5.50. The smallest absolute Gasteiger partial charge is 0.264 e. The van der Waals surface area contributed by atoms with Gasteiger partial charge >= 0.3 is 0 Å². The van der Waals surface area contributed by atoms with Crippen molar-refractivity contribution in [3.05, 3.63) is 98.0 Å². The van der Waals surface area contributed by atoms with E-state index in [0.29, 0.717) is 16.9 Å². The number of anilines is 3. The maximum absolute atomic E-state index is 13.2. The summed E-state index contributed by atoms with van der Waals surface area (Å²) in [6, 6.07) is 18.8. The SMILES string of the molecule is Cn1ccc2ccc(-c3cc(Nc4ccccc4S(=O)(=O)Nc4cncnc4)cc4nccnc34)cc21. The van der Waals surface area contributed by atoms with Gasteiger partial charge in [0.25, 0.3) is 10.0 Å². The van der Waals surface area contributed by atoms with Crippen molar-refractivity contribution >= 4 is 49.0 Å². The van der Waals surface area contributed by atoms with Gasteiger partial charge in [0, 0.05) is 42.4 Å². The molecule has 0 aliphatic carbocycles. The summed E-state index contributed by atoms with van der Waals surface area (Å²) in [5.41, 5.74) is 5.78. The Morgan fingerprint density at radius 2 is 1.68 bits per heavy atom. The van der Waals surface area contributed by atoms with Gasteiger partial charge in [0.05, 0.1) is 34.8 Å². The zero-order valence-electron chi connectivity index (χ0n) is 19.7. The van der Waals surface area contributed by atoms with E-state index in [1.54, 1.807) is 36.7 Å². The second-order valence-electron chi connectivity index (χ2n) is 8.50. The van der Waals surface area contributed by atoms with Crippen LogP contribution in [0.15, 0.2) is 103 Å². The second-order valence-corrected chi connectivity index (χ2v) is 10.2. The third-order valence-corrected chi connectivity index (χ3v) is 7.48. The lowest BCUT2D eigenvalue weighted by atomic mass is 10.0. The van der Waals surface area contributed by atoms with Gasteiger partial charge in [0.2, 0.25) is 0 Å². The van der Waals surface area contributed by atoms with Crippen molar-refractivity contribution in [3.8, 4) is 11.1 Å². The molecule has 3 aromatic heterocycles. The Bertz CT molecular complexity index is 1870. The summed E-state index contributed by atoms with van der Waals surface area (Å²) in [5, 5.41) is 4.43. The quantitative estimate of drug-likeness (QED) is 0.321. The first-order valence-electron chi connectivity index (χ1n) is 11.4. The predicted molar refractivity (Wildman–Crippen MR) is 144 cm³/mol. The number of rotatable bonds is 6. The van der Waals surface area contributed by atoms with Gasteiger partial charge in [0.15, 0.2) is 0 Å². The minimum atomic E-state index is -3.91. The van der Waals surface area contributed by atoms with Crippen molar-refractivity contribution in [1.29, 1.82) is 0 Å². The van der Waals surface area contributed by atoms with Gasteiger partial charge < -0.3 is 9.88 Å². The van der Waals surface area contributed by atoms with Crippen molar-refractivity contribution in [2.75, 3.05) is 10.0 Å². The van der Waals surface area contributed by atoms with E-state index in [1.165, 1.54) is 18.7 Å². The van der Waals surface area contributed by atoms with E-state index in [1.807, 2.05) is 25.4 Å². The number of nitrogens with zero attached hydrogens (tertiary/aromatic N) is 5. The van der Waals surface area contributed by atoms with Gasteiger partial charge in [-0.2, -0.15) is 0 Å². The zero-order chi connectivity index (χ0) is 25.4. The minimum absolute atomic E-state index is 0.0878. The largest absolute Gasteiger partial charge is 0.354 e. The molecule has 0 saturated heterocycles. The number of fused-ring (bicyclic) bond motifs is 2. The van der Waals surface area contributed by atoms with Gasteiger partial charge in [-0.05, 0) is 47.3 Å². The molecule has 182 valence electrons. The first kappa shape index (κ1) is 22.6. The summed E-state index contributed by atoms with van der Waals surface area (Å²) in [6.45, 7) is 0. The van der Waals surface area contributed by atoms with Gasteiger partial charge in [-0.15, -0.1) is 0 Å². The number of hydrogen-bond acceptors (Lipinski definition) is 7. The fourth-order valence-corrected chi connectivity index (χ4v) is 5.51. The summed E-state index contributed by atoms with van der Waals surface area (Å²) >= 11 is 0. The summed E-state index contributed by atoms with van der Waals surface area (Å²) in [7, 11) is -1.91. The van der Waals surface area contributed by atoms with E-state index >= 15 is 0 Å². The van der Waals surface area contributed by atoms with Gasteiger partial charge in [0.1, 0.15) is 11.2 Å². The molecule has 0 spiro atoms. The van der Waals surface area contributed by atoms with Gasteiger partial charge in [-0.1, -0.05) is 24.3 Å². The van der Waals surface area contributed by atoms with Crippen LogP contribution in [0.4, 0.5) is 17.1 Å². The molecule has 6 aromatic rings. The summed E-state index contributed by atoms with van der Waals surface area (Å²) in [5.74, 6) is 0. The third-order valence-electron chi connectivity index (χ3n) is 6.04. The molecule has 0 saturated carbocycles. The van der Waals surface area contributed by atoms with Crippen LogP contribution >= 0.6 is 0 Å². The molecule has 2 N–H and O–H groups in total. The van der Waals surface area contributed by atoms with Crippen molar-refractivity contribution in [3.63, 3.8) is 0 Å². The highest BCUT2D eigenvalue weighted by Crippen LogP contribution is 2.34. The standard InChI is InChI=1S/C27H21N7O2S/c1-34-11-8-18-6-7-19(12-25(18)34)22-13-20(14-24-27(22)31-10-9-30-24)32-23-4-2-3-5-26(23)37(35,36)33-21-15-28-17-29-16-21/h2-17,32-33H,1H3. The molecule has 6 rings (SSSR count). The summed E-state index contributed by atoms with van der Waals surface area (Å²) in [6.07, 6.45) is 9.47. The molecule has 3 heterocycles. The lowest BCUT2D eigenvalue weighted by Crippen LogP contribution is -2.15. The summed E-state index contributed by atoms with van der Waals surface area (Å²) in [4.78, 5) is 16.9. The van der Waals surface area contributed by atoms with E-state index in [-0.39, 0.29) is 10.6 Å². The average Bonchev–Trinajstić information content (AvgIpc) is 3.28. The van der Waals surface area contributed by atoms with Crippen LogP contribution in [-0.4, -0.2) is 32.9 Å². The number of nitrogens with one attached hydrogen (secondary N) is 2. The maximum Gasteiger partial charge on any atom is 0.264 e. The molecule has 3 aromatic carbocycles. The van der Waals surface area contributed by atoms with E-state index in [4.69, 9.17) is 0 Å². The molecule has 0 bridgehead atoms. The van der Waals surface area contributed by atoms with Gasteiger partial charge in [-0.25, -0.2) is 18.4 Å². The Morgan fingerprint density at radius 3 is 2.54 bits per heavy atom. The van der Waals surface area contributed by atoms with E-state index in [2.05, 4.69) is 58.8 Å². The fourth-order valence-electron chi connectivity index (χ4n) is 4.32. The van der Waals surface area contributed by atoms with Crippen LogP contribution in [0.25, 0.3) is 33.1 Å². The minimum Gasteiger partial charge on any atom is -0.354 e. The van der Waals surface area contributed by atoms with E-state index in [0.717, 1.165) is 27.5 Å². The van der Waals surface area contributed by atoms with Crippen molar-refractivity contribution in [1.82, 2.24) is 24.5 Å². The Hall–Kier alpha value is -4.83. The zero-order valence-corrected chi connectivity index (χ0v) is 20.5. The molecule has 0 atom stereocenters. The molecule has 0 aliphatic heterocycles. The van der Waals surface area contributed by atoms with Gasteiger partial charge in [-0.3, -0.25) is 14.7 Å². The molecule has 10 heteroatoms. The molecule has 9 nitrogen and oxygen atoms in total. The number of sulfonamides is 1. The first-order valence-corrected chi connectivity index (χ1v) is 12.9. The van der Waals surface area contributed by atoms with Crippen LogP contribution in [-0.2, 0) is 17.1 Å². The Labute approximate surface area is 212 Å². The highest BCUT2D eigenvalue weighted by molar-refractivity contribution is 7.92. The summed E-state index contributed by atoms with van der Waals surface area (Å²) < 4.78 is 31.0. The highest BCUT2D eigenvalue weighted by Gasteiger charge is 2.19. The number of para-hydroxylation sites is 1. The molecule has 0 amide bonds. The topological polar surface area (TPSA) is 115 Å². The van der Waals surface area contributed by atoms with Crippen LogP contribution in [0.3, 0.4) is 0 Å². The highest BCUT2D eigenvalue weighted by atomic mass is 32.2. The normalized spacial score (nSPS) is 11.6. The number of hydrogen-bond donors (Lipinski definition) is 2. The van der Waals surface area contributed by atoms with Crippen molar-refractivity contribution < 1.29 is 8.42 Å². The monoisotopic (exact) mass is 507 g/mol. The van der Waals surface area contributed by atoms with Crippen LogP contribution in [0.5, 0.6) is 0 Å². The average molecular weight is 508 g/mol. The van der Waals surface area contributed by atoms with Crippen LogP contribution in [0.2, 0.25) is 0 Å². The van der Waals surface area contributed by atoms with E-state index < -0.39 is 10.0 Å². The molecule has 0 radical (unpaired) electrons. The van der Waals surface area contributed by atoms with E-state index in [9.17, 15) is 8.42 Å². The fraction of sp³-hybridized carbons (Fsp3) is 0.0370. The number of aromatic nitrogens is 5. The lowest BCUT2D eigenvalue weighted by molar-refractivity contribution is 0.601. The van der Waals surface area contributed by atoms with Crippen molar-refractivity contribution in [2.45, 2.75) is 4.90 Å². The molecule has 0 fully saturated rings. The predicted octanol–water partition coefficient (Wildman–Crippen LogP) is 5.12. The third kappa shape index (κ3) is 4.34. The first-order chi connectivity index (χ1) is 18.0. The molecule has 0 aliphatic rings. The Balaban J connectivity index is 1.44. The molecular weight excluding hydrogens is 486 g/mol. The van der Waals surface area contributed by atoms with Crippen molar-refractivity contribution in [2.24, 2.45) is 7.05 Å². The Morgan fingerprint density at radius 1 is 0.865 bits per heavy atom. The molecule has 0 unspecified atom stereocenters. The number of benzene rings is 3.